The van der Waals surface area contributed by atoms with Crippen molar-refractivity contribution in [3.05, 3.63) is 53.6 Å². The minimum Gasteiger partial charge on any atom is -0.489 e. The van der Waals surface area contributed by atoms with Gasteiger partial charge in [0.05, 0.1) is 24.4 Å². The number of carboxylic acids is 1. The number of hydrogen-bond donors (Lipinski definition) is 1. The van der Waals surface area contributed by atoms with Crippen molar-refractivity contribution in [2.24, 2.45) is 5.92 Å². The molecule has 3 rings (SSSR count). The van der Waals surface area contributed by atoms with Crippen molar-refractivity contribution < 1.29 is 14.6 Å². The Kier molecular flexibility index (Phi) is 4.03. The highest BCUT2D eigenvalue weighted by molar-refractivity contribution is 5.77. The lowest BCUT2D eigenvalue weighted by atomic mass is 9.94. The second kappa shape index (κ2) is 5.99. The molecular formula is C18H20N2O3. The van der Waals surface area contributed by atoms with E-state index in [0.717, 1.165) is 23.5 Å². The first-order chi connectivity index (χ1) is 11.1. The molecule has 0 radical (unpaired) electrons. The molecule has 23 heavy (non-hydrogen) atoms. The molecule has 2 aromatic rings. The van der Waals surface area contributed by atoms with E-state index in [0.29, 0.717) is 18.8 Å². The van der Waals surface area contributed by atoms with Crippen molar-refractivity contribution in [2.45, 2.75) is 32.1 Å². The molecule has 0 aliphatic heterocycles. The summed E-state index contributed by atoms with van der Waals surface area (Å²) in [5.74, 6) is 0.226. The number of ether oxygens (including phenoxy) is 1. The molecule has 1 aliphatic carbocycles. The van der Waals surface area contributed by atoms with Gasteiger partial charge in [0.15, 0.2) is 5.75 Å². The minimum absolute atomic E-state index is 0.323. The minimum atomic E-state index is -0.772. The number of aliphatic carboxylic acids is 1. The first-order valence-corrected chi connectivity index (χ1v) is 7.80. The molecule has 0 bridgehead atoms. The predicted octanol–water partition coefficient (Wildman–Crippen LogP) is 2.77. The molecule has 1 fully saturated rings. The van der Waals surface area contributed by atoms with E-state index in [2.05, 4.69) is 9.97 Å². The van der Waals surface area contributed by atoms with Crippen molar-refractivity contribution in [3.8, 4) is 5.75 Å². The summed E-state index contributed by atoms with van der Waals surface area (Å²) < 4.78 is 5.91. The van der Waals surface area contributed by atoms with Gasteiger partial charge in [0, 0.05) is 11.8 Å². The molecule has 2 atom stereocenters. The quantitative estimate of drug-likeness (QED) is 0.888. The van der Waals surface area contributed by atoms with E-state index in [-0.39, 0.29) is 0 Å². The lowest BCUT2D eigenvalue weighted by Gasteiger charge is -2.18. The average molecular weight is 312 g/mol. The van der Waals surface area contributed by atoms with Crippen molar-refractivity contribution in [2.75, 3.05) is 6.61 Å². The molecule has 1 saturated carbocycles. The summed E-state index contributed by atoms with van der Waals surface area (Å²) in [6.45, 7) is 4.21. The van der Waals surface area contributed by atoms with Gasteiger partial charge in [-0.1, -0.05) is 37.3 Å². The highest BCUT2D eigenvalue weighted by Gasteiger charge is 2.60. The number of benzene rings is 1. The monoisotopic (exact) mass is 312 g/mol. The first-order valence-electron chi connectivity index (χ1n) is 7.80. The van der Waals surface area contributed by atoms with Gasteiger partial charge in [-0.3, -0.25) is 4.79 Å². The molecule has 1 heterocycles. The highest BCUT2D eigenvalue weighted by Crippen LogP contribution is 2.54. The van der Waals surface area contributed by atoms with Crippen LogP contribution in [0.25, 0.3) is 0 Å². The molecule has 1 aromatic carbocycles. The number of aromatic nitrogens is 2. The number of carbonyl (C=O) groups is 1. The summed E-state index contributed by atoms with van der Waals surface area (Å²) >= 11 is 0. The molecule has 0 saturated heterocycles. The van der Waals surface area contributed by atoms with Crippen molar-refractivity contribution in [1.82, 2.24) is 9.97 Å². The Morgan fingerprint density at radius 2 is 2.13 bits per heavy atom. The Balaban J connectivity index is 1.80. The third-order valence-electron chi connectivity index (χ3n) is 4.51. The van der Waals surface area contributed by atoms with Gasteiger partial charge in [0.2, 0.25) is 0 Å². The molecule has 120 valence electrons. The van der Waals surface area contributed by atoms with E-state index in [9.17, 15) is 9.90 Å². The summed E-state index contributed by atoms with van der Waals surface area (Å²) in [5.41, 5.74) is 1.34. The normalized spacial score (nSPS) is 22.6. The van der Waals surface area contributed by atoms with Crippen LogP contribution in [0.15, 0.2) is 36.5 Å². The van der Waals surface area contributed by atoms with Crippen LogP contribution in [0.3, 0.4) is 0 Å². The Bertz CT molecular complexity index is 717. The van der Waals surface area contributed by atoms with Crippen LogP contribution in [0.5, 0.6) is 5.75 Å². The van der Waals surface area contributed by atoms with Crippen LogP contribution in [0, 0.1) is 12.8 Å². The number of carboxylic acid groups (broad SMARTS) is 1. The first kappa shape index (κ1) is 15.5. The molecule has 1 aromatic heterocycles. The van der Waals surface area contributed by atoms with E-state index < -0.39 is 17.3 Å². The smallest absolute Gasteiger partial charge is 0.307 e. The maximum atomic E-state index is 11.4. The third-order valence-corrected chi connectivity index (χ3v) is 4.51. The Morgan fingerprint density at radius 3 is 2.70 bits per heavy atom. The van der Waals surface area contributed by atoms with Gasteiger partial charge in [0.25, 0.3) is 0 Å². The summed E-state index contributed by atoms with van der Waals surface area (Å²) in [6.07, 6.45) is 3.05. The van der Waals surface area contributed by atoms with Crippen LogP contribution in [-0.4, -0.2) is 27.7 Å². The van der Waals surface area contributed by atoms with Crippen molar-refractivity contribution in [3.63, 3.8) is 0 Å². The maximum Gasteiger partial charge on any atom is 0.307 e. The van der Waals surface area contributed by atoms with Crippen LogP contribution < -0.4 is 4.74 Å². The number of rotatable bonds is 6. The Morgan fingerprint density at radius 1 is 1.39 bits per heavy atom. The molecule has 0 unspecified atom stereocenters. The van der Waals surface area contributed by atoms with E-state index in [1.54, 1.807) is 6.20 Å². The fraction of sp³-hybridized carbons (Fsp3) is 0.389. The van der Waals surface area contributed by atoms with E-state index >= 15 is 0 Å². The molecule has 5 heteroatoms. The van der Waals surface area contributed by atoms with Crippen LogP contribution >= 0.6 is 0 Å². The summed E-state index contributed by atoms with van der Waals surface area (Å²) in [6, 6.07) is 9.72. The second-order valence-electron chi connectivity index (χ2n) is 6.00. The van der Waals surface area contributed by atoms with Gasteiger partial charge < -0.3 is 9.84 Å². The molecule has 1 aliphatic rings. The molecule has 1 N–H and O–H groups in total. The summed E-state index contributed by atoms with van der Waals surface area (Å²) in [4.78, 5) is 20.1. The lowest BCUT2D eigenvalue weighted by Crippen LogP contribution is -2.23. The van der Waals surface area contributed by atoms with Gasteiger partial charge in [-0.15, -0.1) is 0 Å². The van der Waals surface area contributed by atoms with Gasteiger partial charge in [-0.05, 0) is 18.9 Å². The largest absolute Gasteiger partial charge is 0.489 e. The average Bonchev–Trinajstić information content (AvgIpc) is 3.31. The molecule has 0 spiro atoms. The Hall–Kier alpha value is -2.43. The molecular weight excluding hydrogens is 292 g/mol. The van der Waals surface area contributed by atoms with E-state index in [1.165, 1.54) is 0 Å². The molecule has 5 nitrogen and oxygen atoms in total. The van der Waals surface area contributed by atoms with Crippen LogP contribution in [0.1, 0.15) is 30.4 Å². The fourth-order valence-corrected chi connectivity index (χ4v) is 2.98. The third kappa shape index (κ3) is 2.91. The zero-order chi connectivity index (χ0) is 16.4. The molecule has 0 amide bonds. The zero-order valence-corrected chi connectivity index (χ0v) is 13.3. The van der Waals surface area contributed by atoms with Gasteiger partial charge in [0.1, 0.15) is 5.82 Å². The van der Waals surface area contributed by atoms with Crippen molar-refractivity contribution >= 4 is 5.97 Å². The number of aryl methyl sites for hydroxylation is 2. The lowest BCUT2D eigenvalue weighted by molar-refractivity contribution is -0.139. The van der Waals surface area contributed by atoms with Crippen LogP contribution in [0.2, 0.25) is 0 Å². The van der Waals surface area contributed by atoms with Gasteiger partial charge >= 0.3 is 5.97 Å². The van der Waals surface area contributed by atoms with Crippen LogP contribution in [-0.2, 0) is 16.6 Å². The van der Waals surface area contributed by atoms with E-state index in [1.807, 2.05) is 44.2 Å². The standard InChI is InChI=1S/C18H20N2O3/c1-3-16-19-10-15(12(2)20-16)23-11-18(9-14(18)17(21)22)13-7-5-4-6-8-13/h4-8,10,14H,3,9,11H2,1-2H3,(H,21,22)/t14-,18+/m0/s1. The highest BCUT2D eigenvalue weighted by atomic mass is 16.5. The van der Waals surface area contributed by atoms with Gasteiger partial charge in [-0.2, -0.15) is 0 Å². The van der Waals surface area contributed by atoms with E-state index in [4.69, 9.17) is 4.74 Å². The fourth-order valence-electron chi connectivity index (χ4n) is 2.98. The Labute approximate surface area is 135 Å². The van der Waals surface area contributed by atoms with Crippen LogP contribution in [0.4, 0.5) is 0 Å². The summed E-state index contributed by atoms with van der Waals surface area (Å²) in [5, 5.41) is 9.39. The number of nitrogens with zero attached hydrogens (tertiary/aromatic N) is 2. The van der Waals surface area contributed by atoms with Crippen molar-refractivity contribution in [1.29, 1.82) is 0 Å². The predicted molar refractivity (Wildman–Crippen MR) is 85.5 cm³/mol. The SMILES string of the molecule is CCc1ncc(OC[C@@]2(c3ccccc3)C[C@H]2C(=O)O)c(C)n1. The topological polar surface area (TPSA) is 72.3 Å². The van der Waals surface area contributed by atoms with Gasteiger partial charge in [-0.25, -0.2) is 9.97 Å². The zero-order valence-electron chi connectivity index (χ0n) is 13.3. The number of hydrogen-bond acceptors (Lipinski definition) is 4. The second-order valence-corrected chi connectivity index (χ2v) is 6.00. The maximum absolute atomic E-state index is 11.4. The summed E-state index contributed by atoms with van der Waals surface area (Å²) in [7, 11) is 0.